The quantitative estimate of drug-likeness (QED) is 0.808. The molecule has 1 atom stereocenters. The van der Waals surface area contributed by atoms with Gasteiger partial charge in [0.1, 0.15) is 0 Å². The molecule has 6 nitrogen and oxygen atoms in total. The molecule has 7 heteroatoms. The van der Waals surface area contributed by atoms with Gasteiger partial charge >= 0.3 is 0 Å². The van der Waals surface area contributed by atoms with E-state index >= 15 is 0 Å². The number of hydrogen-bond donors (Lipinski definition) is 3. The van der Waals surface area contributed by atoms with Crippen LogP contribution >= 0.6 is 12.4 Å². The molecule has 0 spiro atoms. The van der Waals surface area contributed by atoms with Gasteiger partial charge in [-0.3, -0.25) is 9.48 Å². The molecule has 3 N–H and O–H groups in total. The summed E-state index contributed by atoms with van der Waals surface area (Å²) in [6.45, 7) is 0.917. The van der Waals surface area contributed by atoms with Crippen molar-refractivity contribution in [2.24, 2.45) is 7.05 Å². The monoisotopic (exact) mass is 321 g/mol. The number of aryl methyl sites for hydroxylation is 1. The predicted octanol–water partition coefficient (Wildman–Crippen LogP) is 2.28. The van der Waals surface area contributed by atoms with Gasteiger partial charge in [-0.1, -0.05) is 6.07 Å². The molecule has 1 unspecified atom stereocenters. The molecule has 118 valence electrons. The molecule has 0 saturated carbocycles. The second kappa shape index (κ2) is 7.29. The van der Waals surface area contributed by atoms with Crippen LogP contribution in [-0.2, 0) is 11.8 Å². The maximum Gasteiger partial charge on any atom is 0.241 e. The van der Waals surface area contributed by atoms with Crippen LogP contribution in [0, 0.1) is 0 Å². The summed E-state index contributed by atoms with van der Waals surface area (Å²) in [5.74, 6) is 0.0334. The zero-order valence-corrected chi connectivity index (χ0v) is 13.2. The second-order valence-electron chi connectivity index (χ2n) is 5.25. The minimum absolute atomic E-state index is 0. The normalized spacial score (nSPS) is 16.9. The van der Waals surface area contributed by atoms with E-state index in [0.717, 1.165) is 36.4 Å². The zero-order chi connectivity index (χ0) is 14.7. The number of carbonyl (C=O) groups is 1. The Morgan fingerprint density at radius 2 is 2.18 bits per heavy atom. The number of benzene rings is 1. The second-order valence-corrected chi connectivity index (χ2v) is 5.25. The third kappa shape index (κ3) is 3.99. The van der Waals surface area contributed by atoms with Crippen LogP contribution in [0.1, 0.15) is 12.8 Å². The number of nitrogens with zero attached hydrogens (tertiary/aromatic N) is 2. The summed E-state index contributed by atoms with van der Waals surface area (Å²) in [4.78, 5) is 12.1. The van der Waals surface area contributed by atoms with Gasteiger partial charge in [0.2, 0.25) is 5.91 Å². The smallest absolute Gasteiger partial charge is 0.241 e. The van der Waals surface area contributed by atoms with Crippen LogP contribution in [0.5, 0.6) is 0 Å². The molecular formula is C15H20ClN5O. The summed E-state index contributed by atoms with van der Waals surface area (Å²) in [6, 6.07) is 7.61. The van der Waals surface area contributed by atoms with E-state index < -0.39 is 0 Å². The lowest BCUT2D eigenvalue weighted by molar-refractivity contribution is -0.117. The van der Waals surface area contributed by atoms with E-state index in [1.165, 1.54) is 0 Å². The Balaban J connectivity index is 0.00000176. The van der Waals surface area contributed by atoms with Gasteiger partial charge in [0.05, 0.1) is 17.9 Å². The number of rotatable bonds is 4. The first kappa shape index (κ1) is 16.3. The maximum atomic E-state index is 12.1. The van der Waals surface area contributed by atoms with Crippen molar-refractivity contribution in [3.8, 4) is 0 Å². The molecule has 0 radical (unpaired) electrons. The molecule has 22 heavy (non-hydrogen) atoms. The van der Waals surface area contributed by atoms with E-state index in [9.17, 15) is 4.79 Å². The summed E-state index contributed by atoms with van der Waals surface area (Å²) in [5, 5.41) is 13.5. The van der Waals surface area contributed by atoms with Crippen LogP contribution in [-0.4, -0.2) is 28.3 Å². The van der Waals surface area contributed by atoms with Gasteiger partial charge in [-0.2, -0.15) is 5.10 Å². The number of hydrogen-bond acceptors (Lipinski definition) is 4. The SMILES string of the molecule is Cl.Cn1cc(Nc2cccc(NC(=O)C3CCCN3)c2)cn1. The number of aromatic nitrogens is 2. The number of carbonyl (C=O) groups excluding carboxylic acids is 1. The average Bonchev–Trinajstić information content (AvgIpc) is 3.11. The first-order valence-corrected chi connectivity index (χ1v) is 7.11. The molecule has 1 amide bonds. The molecule has 1 fully saturated rings. The minimum atomic E-state index is -0.0695. The molecule has 3 rings (SSSR count). The van der Waals surface area contributed by atoms with Gasteiger partial charge in [-0.05, 0) is 37.6 Å². The van der Waals surface area contributed by atoms with Gasteiger partial charge < -0.3 is 16.0 Å². The lowest BCUT2D eigenvalue weighted by Gasteiger charge is -2.12. The molecule has 1 aliphatic heterocycles. The Morgan fingerprint density at radius 3 is 2.86 bits per heavy atom. The first-order valence-electron chi connectivity index (χ1n) is 7.11. The maximum absolute atomic E-state index is 12.1. The molecule has 2 aromatic rings. The van der Waals surface area contributed by atoms with Gasteiger partial charge in [0.25, 0.3) is 0 Å². The van der Waals surface area contributed by atoms with E-state index in [1.807, 2.05) is 37.5 Å². The standard InChI is InChI=1S/C15H19N5O.ClH/c1-20-10-13(9-17-20)18-11-4-2-5-12(8-11)19-15(21)14-6-3-7-16-14;/h2,4-5,8-10,14,16,18H,3,6-7H2,1H3,(H,19,21);1H. The lowest BCUT2D eigenvalue weighted by atomic mass is 10.2. The summed E-state index contributed by atoms with van der Waals surface area (Å²) >= 11 is 0. The fourth-order valence-corrected chi connectivity index (χ4v) is 2.46. The lowest BCUT2D eigenvalue weighted by Crippen LogP contribution is -2.35. The van der Waals surface area contributed by atoms with E-state index in [0.29, 0.717) is 0 Å². The Morgan fingerprint density at radius 1 is 1.36 bits per heavy atom. The molecule has 0 aliphatic carbocycles. The fourth-order valence-electron chi connectivity index (χ4n) is 2.46. The van der Waals surface area contributed by atoms with Crippen molar-refractivity contribution in [2.75, 3.05) is 17.2 Å². The van der Waals surface area contributed by atoms with Crippen LogP contribution in [0.15, 0.2) is 36.7 Å². The fraction of sp³-hybridized carbons (Fsp3) is 0.333. The molecule has 2 heterocycles. The zero-order valence-electron chi connectivity index (χ0n) is 12.4. The number of nitrogens with one attached hydrogen (secondary N) is 3. The molecule has 0 bridgehead atoms. The van der Waals surface area contributed by atoms with Gasteiger partial charge in [0.15, 0.2) is 0 Å². The van der Waals surface area contributed by atoms with Gasteiger partial charge in [-0.25, -0.2) is 0 Å². The van der Waals surface area contributed by atoms with Crippen molar-refractivity contribution in [3.05, 3.63) is 36.7 Å². The van der Waals surface area contributed by atoms with E-state index in [4.69, 9.17) is 0 Å². The van der Waals surface area contributed by atoms with Crippen LogP contribution in [0.25, 0.3) is 0 Å². The summed E-state index contributed by atoms with van der Waals surface area (Å²) in [7, 11) is 1.87. The summed E-state index contributed by atoms with van der Waals surface area (Å²) < 4.78 is 1.74. The van der Waals surface area contributed by atoms with Crippen molar-refractivity contribution >= 4 is 35.4 Å². The highest BCUT2D eigenvalue weighted by atomic mass is 35.5. The van der Waals surface area contributed by atoms with Crippen molar-refractivity contribution in [2.45, 2.75) is 18.9 Å². The van der Waals surface area contributed by atoms with Crippen LogP contribution in [0.4, 0.5) is 17.1 Å². The van der Waals surface area contributed by atoms with Crippen LogP contribution < -0.4 is 16.0 Å². The van der Waals surface area contributed by atoms with Crippen LogP contribution in [0.2, 0.25) is 0 Å². The average molecular weight is 322 g/mol. The summed E-state index contributed by atoms with van der Waals surface area (Å²) in [5.41, 5.74) is 2.63. The molecule has 1 saturated heterocycles. The van der Waals surface area contributed by atoms with Gasteiger partial charge in [0, 0.05) is 24.6 Å². The van der Waals surface area contributed by atoms with Gasteiger partial charge in [-0.15, -0.1) is 12.4 Å². The largest absolute Gasteiger partial charge is 0.353 e. The molecule has 1 aromatic heterocycles. The number of anilines is 3. The minimum Gasteiger partial charge on any atom is -0.353 e. The Kier molecular flexibility index (Phi) is 5.41. The van der Waals surface area contributed by atoms with Crippen molar-refractivity contribution in [3.63, 3.8) is 0 Å². The Hall–Kier alpha value is -2.05. The molecule has 1 aromatic carbocycles. The van der Waals surface area contributed by atoms with E-state index in [-0.39, 0.29) is 24.4 Å². The Labute approximate surface area is 135 Å². The molecule has 1 aliphatic rings. The number of halogens is 1. The first-order chi connectivity index (χ1) is 10.2. The Bertz CT molecular complexity index is 636. The summed E-state index contributed by atoms with van der Waals surface area (Å²) in [6.07, 6.45) is 5.61. The molecular weight excluding hydrogens is 302 g/mol. The highest BCUT2D eigenvalue weighted by molar-refractivity contribution is 5.95. The van der Waals surface area contributed by atoms with Crippen LogP contribution in [0.3, 0.4) is 0 Å². The van der Waals surface area contributed by atoms with E-state index in [2.05, 4.69) is 21.0 Å². The number of amides is 1. The van der Waals surface area contributed by atoms with E-state index in [1.54, 1.807) is 10.9 Å². The highest BCUT2D eigenvalue weighted by Gasteiger charge is 2.21. The highest BCUT2D eigenvalue weighted by Crippen LogP contribution is 2.20. The predicted molar refractivity (Wildman–Crippen MR) is 89.8 cm³/mol. The topological polar surface area (TPSA) is 71.0 Å². The van der Waals surface area contributed by atoms with Crippen molar-refractivity contribution < 1.29 is 4.79 Å². The van der Waals surface area contributed by atoms with Crippen molar-refractivity contribution in [1.82, 2.24) is 15.1 Å². The van der Waals surface area contributed by atoms with Crippen molar-refractivity contribution in [1.29, 1.82) is 0 Å². The third-order valence-corrected chi connectivity index (χ3v) is 3.50. The third-order valence-electron chi connectivity index (χ3n) is 3.50.